The van der Waals surface area contributed by atoms with Gasteiger partial charge in [0.05, 0.1) is 5.41 Å². The third-order valence-corrected chi connectivity index (χ3v) is 4.72. The van der Waals surface area contributed by atoms with Crippen molar-refractivity contribution in [3.8, 4) is 0 Å². The quantitative estimate of drug-likeness (QED) is 0.716. The first kappa shape index (κ1) is 15.8. The van der Waals surface area contributed by atoms with Crippen LogP contribution < -0.4 is 10.6 Å². The Hall–Kier alpha value is -1.26. The number of carbonyl (C=O) groups excluding carboxylic acids is 1. The lowest BCUT2D eigenvalue weighted by Crippen LogP contribution is -2.48. The van der Waals surface area contributed by atoms with E-state index in [0.29, 0.717) is 18.3 Å². The third-order valence-electron chi connectivity index (χ3n) is 4.72. The number of nitrogens with one attached hydrogen (secondary N) is 2. The summed E-state index contributed by atoms with van der Waals surface area (Å²) >= 11 is 0. The van der Waals surface area contributed by atoms with Crippen LogP contribution in [0.15, 0.2) is 0 Å². The number of hydrogen-bond acceptors (Lipinski definition) is 2. The smallest absolute Gasteiger partial charge is 0.315 e. The molecule has 0 bridgehead atoms. The van der Waals surface area contributed by atoms with Crippen LogP contribution in [0.25, 0.3) is 0 Å². The molecule has 1 aliphatic rings. The second-order valence-electron chi connectivity index (χ2n) is 6.07. The molecular formula is C14H26N2O3. The summed E-state index contributed by atoms with van der Waals surface area (Å²) < 4.78 is 0. The van der Waals surface area contributed by atoms with Gasteiger partial charge in [0.1, 0.15) is 0 Å². The molecular weight excluding hydrogens is 244 g/mol. The molecule has 19 heavy (non-hydrogen) atoms. The van der Waals surface area contributed by atoms with E-state index in [4.69, 9.17) is 5.11 Å². The molecule has 0 saturated heterocycles. The fourth-order valence-corrected chi connectivity index (χ4v) is 2.42. The van der Waals surface area contributed by atoms with Crippen molar-refractivity contribution in [1.82, 2.24) is 10.6 Å². The summed E-state index contributed by atoms with van der Waals surface area (Å²) in [6.07, 6.45) is 2.62. The van der Waals surface area contributed by atoms with Crippen molar-refractivity contribution < 1.29 is 14.7 Å². The largest absolute Gasteiger partial charge is 0.481 e. The summed E-state index contributed by atoms with van der Waals surface area (Å²) in [7, 11) is 0. The Kier molecular flexibility index (Phi) is 5.20. The molecule has 5 heteroatoms. The Morgan fingerprint density at radius 3 is 2.37 bits per heavy atom. The van der Waals surface area contributed by atoms with E-state index in [1.165, 1.54) is 0 Å². The van der Waals surface area contributed by atoms with Crippen molar-refractivity contribution in [1.29, 1.82) is 0 Å². The SMILES string of the molecule is CCC(C)(CNC(=O)NC1CCC(C)C1C)C(=O)O. The molecule has 110 valence electrons. The second kappa shape index (κ2) is 6.26. The van der Waals surface area contributed by atoms with Gasteiger partial charge in [0, 0.05) is 12.6 Å². The fraction of sp³-hybridized carbons (Fsp3) is 0.857. The van der Waals surface area contributed by atoms with Crippen molar-refractivity contribution in [2.45, 2.75) is 53.0 Å². The highest BCUT2D eigenvalue weighted by Gasteiger charge is 2.33. The predicted octanol–water partition coefficient (Wildman–Crippen LogP) is 2.22. The van der Waals surface area contributed by atoms with Crippen LogP contribution in [0.1, 0.15) is 47.0 Å². The van der Waals surface area contributed by atoms with E-state index in [0.717, 1.165) is 12.8 Å². The number of amides is 2. The van der Waals surface area contributed by atoms with Crippen molar-refractivity contribution in [2.75, 3.05) is 6.54 Å². The van der Waals surface area contributed by atoms with E-state index in [2.05, 4.69) is 24.5 Å². The van der Waals surface area contributed by atoms with E-state index >= 15 is 0 Å². The van der Waals surface area contributed by atoms with Gasteiger partial charge >= 0.3 is 12.0 Å². The zero-order valence-corrected chi connectivity index (χ0v) is 12.3. The first-order valence-electron chi connectivity index (χ1n) is 7.08. The molecule has 5 nitrogen and oxygen atoms in total. The maximum absolute atomic E-state index is 11.8. The molecule has 1 rings (SSSR count). The topological polar surface area (TPSA) is 78.4 Å². The maximum Gasteiger partial charge on any atom is 0.315 e. The van der Waals surface area contributed by atoms with Crippen LogP contribution in [0, 0.1) is 17.3 Å². The van der Waals surface area contributed by atoms with Crippen LogP contribution in [0.3, 0.4) is 0 Å². The number of aliphatic carboxylic acids is 1. The summed E-state index contributed by atoms with van der Waals surface area (Å²) in [6.45, 7) is 7.96. The van der Waals surface area contributed by atoms with Gasteiger partial charge in [-0.15, -0.1) is 0 Å². The Balaban J connectivity index is 2.42. The van der Waals surface area contributed by atoms with Crippen molar-refractivity contribution >= 4 is 12.0 Å². The highest BCUT2D eigenvalue weighted by atomic mass is 16.4. The average Bonchev–Trinajstić information content (AvgIpc) is 2.67. The van der Waals surface area contributed by atoms with Gasteiger partial charge in [-0.3, -0.25) is 4.79 Å². The van der Waals surface area contributed by atoms with Crippen LogP contribution in [0.2, 0.25) is 0 Å². The molecule has 4 unspecified atom stereocenters. The standard InChI is InChI=1S/C14H26N2O3/c1-5-14(4,12(17)18)8-15-13(19)16-11-7-6-9(2)10(11)3/h9-11H,5-8H2,1-4H3,(H,17,18)(H2,15,16,19). The van der Waals surface area contributed by atoms with Crippen LogP contribution in [0.5, 0.6) is 0 Å². The van der Waals surface area contributed by atoms with Gasteiger partial charge in [0.15, 0.2) is 0 Å². The molecule has 4 atom stereocenters. The Morgan fingerprint density at radius 2 is 1.95 bits per heavy atom. The molecule has 1 fully saturated rings. The summed E-state index contributed by atoms with van der Waals surface area (Å²) in [5, 5.41) is 14.8. The number of hydrogen-bond donors (Lipinski definition) is 3. The van der Waals surface area contributed by atoms with Gasteiger partial charge in [-0.25, -0.2) is 4.79 Å². The van der Waals surface area contributed by atoms with E-state index in [-0.39, 0.29) is 18.6 Å². The number of carbonyl (C=O) groups is 2. The van der Waals surface area contributed by atoms with Gasteiger partial charge in [-0.2, -0.15) is 0 Å². The van der Waals surface area contributed by atoms with Crippen molar-refractivity contribution in [2.24, 2.45) is 17.3 Å². The van der Waals surface area contributed by atoms with E-state index in [1.54, 1.807) is 6.92 Å². The Bertz CT molecular complexity index is 346. The molecule has 0 heterocycles. The maximum atomic E-state index is 11.8. The average molecular weight is 270 g/mol. The van der Waals surface area contributed by atoms with E-state index in [9.17, 15) is 9.59 Å². The van der Waals surface area contributed by atoms with Crippen LogP contribution in [-0.4, -0.2) is 29.7 Å². The predicted molar refractivity (Wildman–Crippen MR) is 73.9 cm³/mol. The molecule has 3 N–H and O–H groups in total. The van der Waals surface area contributed by atoms with Gasteiger partial charge < -0.3 is 15.7 Å². The number of carboxylic acid groups (broad SMARTS) is 1. The molecule has 0 aromatic carbocycles. The number of carboxylic acids is 1. The van der Waals surface area contributed by atoms with Crippen molar-refractivity contribution in [3.63, 3.8) is 0 Å². The Morgan fingerprint density at radius 1 is 1.32 bits per heavy atom. The lowest BCUT2D eigenvalue weighted by molar-refractivity contribution is -0.147. The molecule has 1 aliphatic carbocycles. The minimum Gasteiger partial charge on any atom is -0.481 e. The lowest BCUT2D eigenvalue weighted by Gasteiger charge is -2.25. The normalized spacial score (nSPS) is 29.6. The van der Waals surface area contributed by atoms with Crippen molar-refractivity contribution in [3.05, 3.63) is 0 Å². The number of rotatable bonds is 5. The molecule has 0 aromatic rings. The zero-order chi connectivity index (χ0) is 14.6. The zero-order valence-electron chi connectivity index (χ0n) is 12.3. The second-order valence-corrected chi connectivity index (χ2v) is 6.07. The summed E-state index contributed by atoms with van der Waals surface area (Å²) in [6, 6.07) is -0.0559. The Labute approximate surface area is 115 Å². The van der Waals surface area contributed by atoms with Gasteiger partial charge in [0.25, 0.3) is 0 Å². The molecule has 1 saturated carbocycles. The minimum atomic E-state index is -0.897. The number of urea groups is 1. The monoisotopic (exact) mass is 270 g/mol. The molecule has 0 spiro atoms. The molecule has 0 aliphatic heterocycles. The summed E-state index contributed by atoms with van der Waals surface area (Å²) in [5.74, 6) is 0.228. The van der Waals surface area contributed by atoms with Gasteiger partial charge in [0.2, 0.25) is 0 Å². The first-order valence-corrected chi connectivity index (χ1v) is 7.08. The van der Waals surface area contributed by atoms with Gasteiger partial charge in [-0.05, 0) is 38.0 Å². The van der Waals surface area contributed by atoms with Crippen LogP contribution in [-0.2, 0) is 4.79 Å². The fourth-order valence-electron chi connectivity index (χ4n) is 2.42. The van der Waals surface area contributed by atoms with Crippen LogP contribution in [0.4, 0.5) is 4.79 Å². The van der Waals surface area contributed by atoms with E-state index in [1.807, 2.05) is 6.92 Å². The highest BCUT2D eigenvalue weighted by molar-refractivity contribution is 5.78. The minimum absolute atomic E-state index is 0.154. The summed E-state index contributed by atoms with van der Waals surface area (Å²) in [5.41, 5.74) is -0.897. The lowest BCUT2D eigenvalue weighted by atomic mass is 9.88. The molecule has 0 aromatic heterocycles. The van der Waals surface area contributed by atoms with Gasteiger partial charge in [-0.1, -0.05) is 20.8 Å². The first-order chi connectivity index (χ1) is 8.80. The summed E-state index contributed by atoms with van der Waals surface area (Å²) in [4.78, 5) is 23.0. The third kappa shape index (κ3) is 3.85. The van der Waals surface area contributed by atoms with Crippen LogP contribution >= 0.6 is 0 Å². The highest BCUT2D eigenvalue weighted by Crippen LogP contribution is 2.31. The molecule has 0 radical (unpaired) electrons. The van der Waals surface area contributed by atoms with E-state index < -0.39 is 11.4 Å². The molecule has 2 amide bonds.